The van der Waals surface area contributed by atoms with Gasteiger partial charge in [0.2, 0.25) is 17.8 Å². The smallest absolute Gasteiger partial charge is 0.233 e. The van der Waals surface area contributed by atoms with Crippen molar-refractivity contribution >= 4 is 23.5 Å². The third-order valence-electron chi connectivity index (χ3n) is 2.55. The Balaban J connectivity index is 2.28. The first-order chi connectivity index (χ1) is 9.08. The maximum atomic E-state index is 4.35. The second-order valence-electron chi connectivity index (χ2n) is 4.42. The lowest BCUT2D eigenvalue weighted by Gasteiger charge is -2.13. The van der Waals surface area contributed by atoms with Crippen LogP contribution in [-0.4, -0.2) is 36.1 Å². The van der Waals surface area contributed by atoms with E-state index in [2.05, 4.69) is 32.5 Å². The monoisotopic (exact) mass is 258 g/mol. The fraction of sp³-hybridized carbons (Fsp3) is 0.308. The average molecular weight is 258 g/mol. The molecule has 19 heavy (non-hydrogen) atoms. The number of anilines is 4. The van der Waals surface area contributed by atoms with Crippen molar-refractivity contribution in [2.24, 2.45) is 0 Å². The van der Waals surface area contributed by atoms with E-state index in [9.17, 15) is 0 Å². The van der Waals surface area contributed by atoms with Crippen LogP contribution in [0.15, 0.2) is 24.3 Å². The molecule has 0 bridgehead atoms. The number of rotatable bonds is 4. The minimum Gasteiger partial charge on any atom is -0.357 e. The van der Waals surface area contributed by atoms with Crippen molar-refractivity contribution in [3.63, 3.8) is 0 Å². The summed E-state index contributed by atoms with van der Waals surface area (Å²) in [6.07, 6.45) is 0. The summed E-state index contributed by atoms with van der Waals surface area (Å²) >= 11 is 0. The van der Waals surface area contributed by atoms with Crippen LogP contribution in [0.2, 0.25) is 0 Å². The van der Waals surface area contributed by atoms with Gasteiger partial charge in [-0.25, -0.2) is 0 Å². The zero-order chi connectivity index (χ0) is 13.8. The topological polar surface area (TPSA) is 66.0 Å². The van der Waals surface area contributed by atoms with E-state index in [-0.39, 0.29) is 0 Å². The number of hydrogen-bond acceptors (Lipinski definition) is 6. The number of benzene rings is 1. The normalized spacial score (nSPS) is 10.1. The summed E-state index contributed by atoms with van der Waals surface area (Å²) in [6, 6.07) is 8.06. The van der Waals surface area contributed by atoms with Crippen LogP contribution in [-0.2, 0) is 0 Å². The first kappa shape index (κ1) is 13.1. The van der Waals surface area contributed by atoms with Gasteiger partial charge < -0.3 is 15.5 Å². The largest absolute Gasteiger partial charge is 0.357 e. The third-order valence-corrected chi connectivity index (χ3v) is 2.55. The van der Waals surface area contributed by atoms with Crippen molar-refractivity contribution in [1.29, 1.82) is 0 Å². The molecule has 0 radical (unpaired) electrons. The summed E-state index contributed by atoms with van der Waals surface area (Å²) < 4.78 is 0. The Labute approximate surface area is 112 Å². The van der Waals surface area contributed by atoms with Crippen molar-refractivity contribution in [2.45, 2.75) is 6.92 Å². The highest BCUT2D eigenvalue weighted by molar-refractivity contribution is 5.56. The van der Waals surface area contributed by atoms with Gasteiger partial charge in [0.15, 0.2) is 0 Å². The first-order valence-electron chi connectivity index (χ1n) is 6.03. The molecule has 0 saturated carbocycles. The second-order valence-corrected chi connectivity index (χ2v) is 4.42. The zero-order valence-corrected chi connectivity index (χ0v) is 11.6. The van der Waals surface area contributed by atoms with E-state index >= 15 is 0 Å². The Kier molecular flexibility index (Phi) is 3.79. The summed E-state index contributed by atoms with van der Waals surface area (Å²) in [5, 5.41) is 6.10. The lowest BCUT2D eigenvalue weighted by atomic mass is 10.2. The molecule has 0 aliphatic heterocycles. The fourth-order valence-corrected chi connectivity index (χ4v) is 1.50. The van der Waals surface area contributed by atoms with Crippen LogP contribution in [0, 0.1) is 6.92 Å². The predicted molar refractivity (Wildman–Crippen MR) is 78.2 cm³/mol. The van der Waals surface area contributed by atoms with Gasteiger partial charge in [0, 0.05) is 26.8 Å². The van der Waals surface area contributed by atoms with Crippen LogP contribution in [0.1, 0.15) is 5.56 Å². The molecular weight excluding hydrogens is 240 g/mol. The van der Waals surface area contributed by atoms with Crippen LogP contribution < -0.4 is 15.5 Å². The van der Waals surface area contributed by atoms with Crippen LogP contribution >= 0.6 is 0 Å². The molecule has 100 valence electrons. The van der Waals surface area contributed by atoms with Crippen molar-refractivity contribution in [1.82, 2.24) is 15.0 Å². The Morgan fingerprint density at radius 3 is 2.16 bits per heavy atom. The van der Waals surface area contributed by atoms with E-state index in [1.54, 1.807) is 7.05 Å². The SMILES string of the molecule is CNc1nc(Nc2ccc(C)cc2)nc(N(C)C)n1. The molecule has 0 aliphatic rings. The van der Waals surface area contributed by atoms with E-state index in [1.807, 2.05) is 43.3 Å². The lowest BCUT2D eigenvalue weighted by Crippen LogP contribution is -2.15. The Morgan fingerprint density at radius 2 is 1.58 bits per heavy atom. The van der Waals surface area contributed by atoms with Crippen molar-refractivity contribution in [2.75, 3.05) is 36.7 Å². The number of nitrogens with zero attached hydrogens (tertiary/aromatic N) is 4. The van der Waals surface area contributed by atoms with Gasteiger partial charge in [0.05, 0.1) is 0 Å². The molecule has 2 N–H and O–H groups in total. The number of nitrogens with one attached hydrogen (secondary N) is 2. The van der Waals surface area contributed by atoms with Gasteiger partial charge in [-0.05, 0) is 19.1 Å². The zero-order valence-electron chi connectivity index (χ0n) is 11.6. The highest BCUT2D eigenvalue weighted by Gasteiger charge is 2.07. The molecule has 0 spiro atoms. The van der Waals surface area contributed by atoms with Gasteiger partial charge >= 0.3 is 0 Å². The highest BCUT2D eigenvalue weighted by Crippen LogP contribution is 2.16. The summed E-state index contributed by atoms with van der Waals surface area (Å²) in [5.41, 5.74) is 2.16. The minimum atomic E-state index is 0.520. The van der Waals surface area contributed by atoms with Crippen LogP contribution in [0.4, 0.5) is 23.5 Å². The first-order valence-corrected chi connectivity index (χ1v) is 6.03. The van der Waals surface area contributed by atoms with E-state index in [4.69, 9.17) is 0 Å². The Hall–Kier alpha value is -2.37. The molecule has 0 fully saturated rings. The van der Waals surface area contributed by atoms with Gasteiger partial charge in [-0.3, -0.25) is 0 Å². The second kappa shape index (κ2) is 5.51. The maximum Gasteiger partial charge on any atom is 0.233 e. The van der Waals surface area contributed by atoms with Crippen molar-refractivity contribution in [3.8, 4) is 0 Å². The molecule has 0 unspecified atom stereocenters. The van der Waals surface area contributed by atoms with E-state index in [0.29, 0.717) is 17.8 Å². The molecule has 1 heterocycles. The van der Waals surface area contributed by atoms with Crippen LogP contribution in [0.5, 0.6) is 0 Å². The molecule has 1 aromatic heterocycles. The quantitative estimate of drug-likeness (QED) is 0.874. The standard InChI is InChI=1S/C13H18N6/c1-9-5-7-10(8-6-9)15-12-16-11(14-2)17-13(18-12)19(3)4/h5-8H,1-4H3,(H2,14,15,16,17,18). The molecular formula is C13H18N6. The van der Waals surface area contributed by atoms with Crippen LogP contribution in [0.25, 0.3) is 0 Å². The fourth-order valence-electron chi connectivity index (χ4n) is 1.50. The minimum absolute atomic E-state index is 0.520. The van der Waals surface area contributed by atoms with Crippen molar-refractivity contribution < 1.29 is 0 Å². The van der Waals surface area contributed by atoms with E-state index in [0.717, 1.165) is 5.69 Å². The van der Waals surface area contributed by atoms with Gasteiger partial charge in [-0.2, -0.15) is 15.0 Å². The van der Waals surface area contributed by atoms with E-state index in [1.165, 1.54) is 5.56 Å². The van der Waals surface area contributed by atoms with Gasteiger partial charge in [-0.1, -0.05) is 17.7 Å². The molecule has 2 rings (SSSR count). The molecule has 0 aliphatic carbocycles. The third kappa shape index (κ3) is 3.31. The highest BCUT2D eigenvalue weighted by atomic mass is 15.3. The van der Waals surface area contributed by atoms with Gasteiger partial charge in [0.1, 0.15) is 0 Å². The Bertz CT molecular complexity index is 550. The van der Waals surface area contributed by atoms with Crippen molar-refractivity contribution in [3.05, 3.63) is 29.8 Å². The average Bonchev–Trinajstić information content (AvgIpc) is 2.41. The number of aromatic nitrogens is 3. The number of aryl methyl sites for hydroxylation is 1. The van der Waals surface area contributed by atoms with Crippen LogP contribution in [0.3, 0.4) is 0 Å². The molecule has 2 aromatic rings. The molecule has 0 amide bonds. The summed E-state index contributed by atoms with van der Waals surface area (Å²) in [4.78, 5) is 14.7. The van der Waals surface area contributed by atoms with Gasteiger partial charge in [0.25, 0.3) is 0 Å². The van der Waals surface area contributed by atoms with Gasteiger partial charge in [-0.15, -0.1) is 0 Å². The summed E-state index contributed by atoms with van der Waals surface area (Å²) in [5.74, 6) is 1.66. The molecule has 0 atom stereocenters. The predicted octanol–water partition coefficient (Wildman–Crippen LogP) is 2.03. The summed E-state index contributed by atoms with van der Waals surface area (Å²) in [6.45, 7) is 2.05. The van der Waals surface area contributed by atoms with E-state index < -0.39 is 0 Å². The molecule has 0 saturated heterocycles. The Morgan fingerprint density at radius 1 is 0.947 bits per heavy atom. The maximum absolute atomic E-state index is 4.35. The lowest BCUT2D eigenvalue weighted by molar-refractivity contribution is 0.963. The molecule has 6 heteroatoms. The molecule has 1 aromatic carbocycles. The summed E-state index contributed by atoms with van der Waals surface area (Å²) in [7, 11) is 5.57. The molecule has 6 nitrogen and oxygen atoms in total. The number of hydrogen-bond donors (Lipinski definition) is 2.